The zero-order chi connectivity index (χ0) is 14.5. The Bertz CT molecular complexity index is 669. The number of hydrogen-bond acceptors (Lipinski definition) is 3. The number of nitrogens with zero attached hydrogens (tertiary/aromatic N) is 1. The average molecular weight is 307 g/mol. The Labute approximate surface area is 127 Å². The van der Waals surface area contributed by atoms with Crippen molar-refractivity contribution in [1.82, 2.24) is 4.98 Å². The molecule has 0 bridgehead atoms. The molecule has 0 fully saturated rings. The van der Waals surface area contributed by atoms with Gasteiger partial charge in [0.1, 0.15) is 5.82 Å². The second-order valence-electron chi connectivity index (χ2n) is 4.14. The molecule has 0 saturated heterocycles. The summed E-state index contributed by atoms with van der Waals surface area (Å²) < 4.78 is 0. The smallest absolute Gasteiger partial charge is 0.187 e. The predicted octanol–water partition coefficient (Wildman–Crippen LogP) is 4.51. The summed E-state index contributed by atoms with van der Waals surface area (Å²) in [6, 6.07) is 10.4. The Hall–Kier alpha value is -1.84. The van der Waals surface area contributed by atoms with Gasteiger partial charge in [0.15, 0.2) is 5.78 Å². The fourth-order valence-electron chi connectivity index (χ4n) is 1.57. The molecule has 0 unspecified atom stereocenters. The van der Waals surface area contributed by atoms with Crippen LogP contribution in [0.2, 0.25) is 10.0 Å². The normalized spacial score (nSPS) is 10.8. The minimum absolute atomic E-state index is 0.163. The molecule has 1 aromatic carbocycles. The lowest BCUT2D eigenvalue weighted by molar-refractivity contribution is 0.104. The number of hydrogen-bond donors (Lipinski definition) is 1. The van der Waals surface area contributed by atoms with E-state index in [1.54, 1.807) is 24.4 Å². The second kappa shape index (κ2) is 6.55. The van der Waals surface area contributed by atoms with Crippen LogP contribution in [0.25, 0.3) is 0 Å². The van der Waals surface area contributed by atoms with E-state index in [0.717, 1.165) is 5.69 Å². The molecule has 0 saturated carbocycles. The van der Waals surface area contributed by atoms with Gasteiger partial charge in [0.2, 0.25) is 0 Å². The van der Waals surface area contributed by atoms with E-state index in [2.05, 4.69) is 10.3 Å². The molecule has 1 N–H and O–H groups in total. The van der Waals surface area contributed by atoms with Gasteiger partial charge in [0.25, 0.3) is 0 Å². The molecule has 3 nitrogen and oxygen atoms in total. The maximum absolute atomic E-state index is 11.9. The highest BCUT2D eigenvalue weighted by molar-refractivity contribution is 6.42. The second-order valence-corrected chi connectivity index (χ2v) is 4.95. The number of carbonyl (C=O) groups is 1. The van der Waals surface area contributed by atoms with Crippen LogP contribution < -0.4 is 5.32 Å². The van der Waals surface area contributed by atoms with Gasteiger partial charge >= 0.3 is 0 Å². The third-order valence-corrected chi connectivity index (χ3v) is 3.30. The average Bonchev–Trinajstić information content (AvgIpc) is 2.42. The summed E-state index contributed by atoms with van der Waals surface area (Å²) in [6.07, 6.45) is 2.97. The summed E-state index contributed by atoms with van der Waals surface area (Å²) in [7, 11) is 0. The van der Waals surface area contributed by atoms with Crippen molar-refractivity contribution >= 4 is 34.8 Å². The van der Waals surface area contributed by atoms with Gasteiger partial charge in [-0.25, -0.2) is 4.98 Å². The standard InChI is InChI=1S/C15H12Cl2N2O/c1-10-3-2-4-15(19-10)18-8-7-14(20)11-5-6-12(16)13(17)9-11/h2-9H,1H3,(H,18,19). The highest BCUT2D eigenvalue weighted by Gasteiger charge is 2.04. The molecular weight excluding hydrogens is 295 g/mol. The highest BCUT2D eigenvalue weighted by atomic mass is 35.5. The Morgan fingerprint density at radius 1 is 1.20 bits per heavy atom. The quantitative estimate of drug-likeness (QED) is 0.667. The van der Waals surface area contributed by atoms with E-state index in [1.165, 1.54) is 6.08 Å². The Morgan fingerprint density at radius 3 is 2.70 bits per heavy atom. The van der Waals surface area contributed by atoms with Crippen LogP contribution in [0, 0.1) is 6.92 Å². The van der Waals surface area contributed by atoms with Gasteiger partial charge in [-0.3, -0.25) is 4.79 Å². The number of carbonyl (C=O) groups excluding carboxylic acids is 1. The van der Waals surface area contributed by atoms with Crippen molar-refractivity contribution in [2.24, 2.45) is 0 Å². The van der Waals surface area contributed by atoms with Crippen LogP contribution in [0.5, 0.6) is 0 Å². The molecule has 0 aliphatic carbocycles. The van der Waals surface area contributed by atoms with Crippen LogP contribution in [0.4, 0.5) is 5.82 Å². The maximum atomic E-state index is 11.9. The number of pyridine rings is 1. The first-order valence-corrected chi connectivity index (χ1v) is 6.68. The van der Waals surface area contributed by atoms with Gasteiger partial charge in [-0.05, 0) is 37.3 Å². The topological polar surface area (TPSA) is 42.0 Å². The molecule has 0 spiro atoms. The summed E-state index contributed by atoms with van der Waals surface area (Å²) in [5.41, 5.74) is 1.38. The Morgan fingerprint density at radius 2 is 2.00 bits per heavy atom. The SMILES string of the molecule is Cc1cccc(NC=CC(=O)c2ccc(Cl)c(Cl)c2)n1. The molecule has 1 heterocycles. The Balaban J connectivity index is 2.04. The maximum Gasteiger partial charge on any atom is 0.187 e. The van der Waals surface area contributed by atoms with Crippen molar-refractivity contribution in [3.63, 3.8) is 0 Å². The molecule has 0 atom stereocenters. The molecule has 0 radical (unpaired) electrons. The molecule has 0 amide bonds. The number of benzene rings is 1. The van der Waals surface area contributed by atoms with Crippen molar-refractivity contribution in [3.05, 3.63) is 70.0 Å². The van der Waals surface area contributed by atoms with Crippen LogP contribution >= 0.6 is 23.2 Å². The number of ketones is 1. The summed E-state index contributed by atoms with van der Waals surface area (Å²) in [4.78, 5) is 16.2. The fraction of sp³-hybridized carbons (Fsp3) is 0.0667. The number of aryl methyl sites for hydroxylation is 1. The Kier molecular flexibility index (Phi) is 4.77. The van der Waals surface area contributed by atoms with E-state index in [1.807, 2.05) is 25.1 Å². The lowest BCUT2D eigenvalue weighted by Crippen LogP contribution is -1.97. The van der Waals surface area contributed by atoms with Crippen LogP contribution in [-0.4, -0.2) is 10.8 Å². The summed E-state index contributed by atoms with van der Waals surface area (Å²) in [5.74, 6) is 0.520. The van der Waals surface area contributed by atoms with Crippen LogP contribution in [0.15, 0.2) is 48.7 Å². The number of aromatic nitrogens is 1. The van der Waals surface area contributed by atoms with Crippen LogP contribution in [0.1, 0.15) is 16.1 Å². The van der Waals surface area contributed by atoms with Crippen molar-refractivity contribution in [2.75, 3.05) is 5.32 Å². The molecule has 0 aliphatic rings. The predicted molar refractivity (Wildman–Crippen MR) is 82.5 cm³/mol. The minimum atomic E-state index is -0.163. The van der Waals surface area contributed by atoms with E-state index in [-0.39, 0.29) is 5.78 Å². The largest absolute Gasteiger partial charge is 0.347 e. The summed E-state index contributed by atoms with van der Waals surface area (Å²) >= 11 is 11.7. The van der Waals surface area contributed by atoms with Gasteiger partial charge in [0, 0.05) is 23.5 Å². The highest BCUT2D eigenvalue weighted by Crippen LogP contribution is 2.22. The monoisotopic (exact) mass is 306 g/mol. The van der Waals surface area contributed by atoms with Crippen molar-refractivity contribution in [3.8, 4) is 0 Å². The van der Waals surface area contributed by atoms with Crippen molar-refractivity contribution in [2.45, 2.75) is 6.92 Å². The summed E-state index contributed by atoms with van der Waals surface area (Å²) in [5, 5.41) is 3.73. The van der Waals surface area contributed by atoms with Gasteiger partial charge in [0.05, 0.1) is 10.0 Å². The zero-order valence-corrected chi connectivity index (χ0v) is 12.2. The van der Waals surface area contributed by atoms with E-state index >= 15 is 0 Å². The third-order valence-electron chi connectivity index (χ3n) is 2.56. The number of rotatable bonds is 4. The minimum Gasteiger partial charge on any atom is -0.347 e. The molecular formula is C15H12Cl2N2O. The number of nitrogens with one attached hydrogen (secondary N) is 1. The van der Waals surface area contributed by atoms with Gasteiger partial charge in [-0.2, -0.15) is 0 Å². The first kappa shape index (κ1) is 14.6. The zero-order valence-electron chi connectivity index (χ0n) is 10.7. The van der Waals surface area contributed by atoms with Crippen LogP contribution in [-0.2, 0) is 0 Å². The van der Waals surface area contributed by atoms with Crippen molar-refractivity contribution in [1.29, 1.82) is 0 Å². The lowest BCUT2D eigenvalue weighted by Gasteiger charge is -2.01. The van der Waals surface area contributed by atoms with Crippen LogP contribution in [0.3, 0.4) is 0 Å². The number of anilines is 1. The first-order valence-electron chi connectivity index (χ1n) is 5.92. The van der Waals surface area contributed by atoms with Crippen molar-refractivity contribution < 1.29 is 4.79 Å². The molecule has 102 valence electrons. The van der Waals surface area contributed by atoms with Gasteiger partial charge in [-0.1, -0.05) is 29.3 Å². The van der Waals surface area contributed by atoms with E-state index in [0.29, 0.717) is 21.4 Å². The third kappa shape index (κ3) is 3.83. The molecule has 2 aromatic rings. The van der Waals surface area contributed by atoms with Gasteiger partial charge < -0.3 is 5.32 Å². The first-order chi connectivity index (χ1) is 9.56. The molecule has 5 heteroatoms. The molecule has 1 aromatic heterocycles. The van der Waals surface area contributed by atoms with E-state index < -0.39 is 0 Å². The van der Waals surface area contributed by atoms with E-state index in [4.69, 9.17) is 23.2 Å². The molecule has 0 aliphatic heterocycles. The number of allylic oxidation sites excluding steroid dienone is 1. The molecule has 20 heavy (non-hydrogen) atoms. The molecule has 2 rings (SSSR count). The van der Waals surface area contributed by atoms with E-state index in [9.17, 15) is 4.79 Å². The van der Waals surface area contributed by atoms with Gasteiger partial charge in [-0.15, -0.1) is 0 Å². The summed E-state index contributed by atoms with van der Waals surface area (Å²) in [6.45, 7) is 1.90. The lowest BCUT2D eigenvalue weighted by atomic mass is 10.1. The number of halogens is 2. The fourth-order valence-corrected chi connectivity index (χ4v) is 1.87.